The Labute approximate surface area is 118 Å². The molecule has 0 unspecified atom stereocenters. The van der Waals surface area contributed by atoms with Gasteiger partial charge < -0.3 is 15.2 Å². The molecule has 0 atom stereocenters. The maximum absolute atomic E-state index is 6.97. The third-order valence-corrected chi connectivity index (χ3v) is 2.80. The van der Waals surface area contributed by atoms with Crippen LogP contribution in [0.5, 0.6) is 11.5 Å². The van der Waals surface area contributed by atoms with Gasteiger partial charge in [-0.3, -0.25) is 5.41 Å². The van der Waals surface area contributed by atoms with E-state index in [1.165, 1.54) is 5.56 Å². The molecule has 0 bridgehead atoms. The SMILES string of the molecule is Cc1cccc(Oc2ccc(CCOC(=N)N)cc2)c1. The van der Waals surface area contributed by atoms with Gasteiger partial charge >= 0.3 is 0 Å². The molecule has 4 heteroatoms. The highest BCUT2D eigenvalue weighted by atomic mass is 16.5. The highest BCUT2D eigenvalue weighted by Gasteiger charge is 1.99. The van der Waals surface area contributed by atoms with Crippen molar-refractivity contribution in [2.75, 3.05) is 6.61 Å². The van der Waals surface area contributed by atoms with Crippen LogP contribution in [-0.2, 0) is 11.2 Å². The van der Waals surface area contributed by atoms with E-state index >= 15 is 0 Å². The zero-order chi connectivity index (χ0) is 14.4. The highest BCUT2D eigenvalue weighted by molar-refractivity contribution is 5.67. The summed E-state index contributed by atoms with van der Waals surface area (Å²) >= 11 is 0. The minimum Gasteiger partial charge on any atom is -0.465 e. The van der Waals surface area contributed by atoms with Gasteiger partial charge in [-0.2, -0.15) is 0 Å². The normalized spacial score (nSPS) is 10.1. The van der Waals surface area contributed by atoms with E-state index in [2.05, 4.69) is 0 Å². The van der Waals surface area contributed by atoms with E-state index in [1.807, 2.05) is 55.5 Å². The van der Waals surface area contributed by atoms with Gasteiger partial charge in [0.2, 0.25) is 0 Å². The molecule has 0 aromatic heterocycles. The van der Waals surface area contributed by atoms with E-state index in [9.17, 15) is 0 Å². The highest BCUT2D eigenvalue weighted by Crippen LogP contribution is 2.22. The van der Waals surface area contributed by atoms with Crippen molar-refractivity contribution in [1.29, 1.82) is 5.41 Å². The molecule has 4 nitrogen and oxygen atoms in total. The van der Waals surface area contributed by atoms with Crippen molar-refractivity contribution in [1.82, 2.24) is 0 Å². The molecule has 0 aliphatic rings. The van der Waals surface area contributed by atoms with Crippen molar-refractivity contribution in [3.63, 3.8) is 0 Å². The van der Waals surface area contributed by atoms with Gasteiger partial charge in [0.1, 0.15) is 11.5 Å². The number of nitrogens with two attached hydrogens (primary N) is 1. The fraction of sp³-hybridized carbons (Fsp3) is 0.188. The van der Waals surface area contributed by atoms with Gasteiger partial charge in [-0.1, -0.05) is 24.3 Å². The molecule has 2 rings (SSSR count). The maximum atomic E-state index is 6.97. The molecular weight excluding hydrogens is 252 g/mol. The molecule has 0 amide bonds. The molecule has 3 N–H and O–H groups in total. The monoisotopic (exact) mass is 270 g/mol. The van der Waals surface area contributed by atoms with Gasteiger partial charge in [0.15, 0.2) is 0 Å². The molecule has 104 valence electrons. The van der Waals surface area contributed by atoms with E-state index < -0.39 is 0 Å². The van der Waals surface area contributed by atoms with Gasteiger partial charge in [-0.15, -0.1) is 0 Å². The summed E-state index contributed by atoms with van der Waals surface area (Å²) in [7, 11) is 0. The van der Waals surface area contributed by atoms with E-state index in [0.29, 0.717) is 13.0 Å². The van der Waals surface area contributed by atoms with Crippen molar-refractivity contribution in [2.45, 2.75) is 13.3 Å². The van der Waals surface area contributed by atoms with Crippen molar-refractivity contribution in [3.8, 4) is 11.5 Å². The number of hydrogen-bond acceptors (Lipinski definition) is 3. The summed E-state index contributed by atoms with van der Waals surface area (Å²) in [6.07, 6.45) is 0.713. The summed E-state index contributed by atoms with van der Waals surface area (Å²) in [6.45, 7) is 2.44. The Morgan fingerprint density at radius 1 is 1.10 bits per heavy atom. The third kappa shape index (κ3) is 4.31. The maximum Gasteiger partial charge on any atom is 0.279 e. The molecule has 2 aromatic carbocycles. The minimum absolute atomic E-state index is 0.246. The van der Waals surface area contributed by atoms with Crippen LogP contribution in [0.1, 0.15) is 11.1 Å². The lowest BCUT2D eigenvalue weighted by Gasteiger charge is -2.08. The van der Waals surface area contributed by atoms with Crippen LogP contribution in [0.3, 0.4) is 0 Å². The van der Waals surface area contributed by atoms with Crippen LogP contribution in [0, 0.1) is 12.3 Å². The summed E-state index contributed by atoms with van der Waals surface area (Å²) in [6, 6.07) is 15.5. The van der Waals surface area contributed by atoms with Crippen LogP contribution >= 0.6 is 0 Å². The number of ether oxygens (including phenoxy) is 2. The second-order valence-corrected chi connectivity index (χ2v) is 4.53. The quantitative estimate of drug-likeness (QED) is 0.647. The summed E-state index contributed by atoms with van der Waals surface area (Å²) in [5, 5.41) is 6.97. The molecule has 0 radical (unpaired) electrons. The first-order valence-corrected chi connectivity index (χ1v) is 6.44. The Hall–Kier alpha value is -2.49. The smallest absolute Gasteiger partial charge is 0.279 e. The first-order valence-electron chi connectivity index (χ1n) is 6.44. The standard InChI is InChI=1S/C16H18N2O2/c1-12-3-2-4-15(11-12)20-14-7-5-13(6-8-14)9-10-19-16(17)18/h2-8,11H,9-10H2,1H3,(H3,17,18). The van der Waals surface area contributed by atoms with Gasteiger partial charge in [0.25, 0.3) is 6.02 Å². The summed E-state index contributed by atoms with van der Waals surface area (Å²) in [5.74, 6) is 1.63. The molecule has 0 saturated carbocycles. The number of aryl methyl sites for hydroxylation is 1. The molecule has 2 aromatic rings. The third-order valence-electron chi connectivity index (χ3n) is 2.80. The van der Waals surface area contributed by atoms with Gasteiger partial charge in [0.05, 0.1) is 6.61 Å². The van der Waals surface area contributed by atoms with Gasteiger partial charge in [0, 0.05) is 6.42 Å². The van der Waals surface area contributed by atoms with Crippen LogP contribution in [0.15, 0.2) is 48.5 Å². The zero-order valence-corrected chi connectivity index (χ0v) is 11.4. The lowest BCUT2D eigenvalue weighted by molar-refractivity contribution is 0.301. The number of nitrogens with one attached hydrogen (secondary N) is 1. The largest absolute Gasteiger partial charge is 0.465 e. The van der Waals surface area contributed by atoms with Crippen LogP contribution in [-0.4, -0.2) is 12.6 Å². The molecule has 0 heterocycles. The second-order valence-electron chi connectivity index (χ2n) is 4.53. The Bertz CT molecular complexity index is 579. The molecule has 0 saturated heterocycles. The molecule has 0 aliphatic carbocycles. The average Bonchev–Trinajstić information content (AvgIpc) is 2.40. The number of amidine groups is 1. The predicted octanol–water partition coefficient (Wildman–Crippen LogP) is 3.24. The average molecular weight is 270 g/mol. The Kier molecular flexibility index (Phi) is 4.60. The lowest BCUT2D eigenvalue weighted by atomic mass is 10.1. The lowest BCUT2D eigenvalue weighted by Crippen LogP contribution is -2.15. The molecule has 0 spiro atoms. The predicted molar refractivity (Wildman–Crippen MR) is 79.3 cm³/mol. The number of rotatable bonds is 5. The molecular formula is C16H18N2O2. The second kappa shape index (κ2) is 6.61. The fourth-order valence-electron chi connectivity index (χ4n) is 1.82. The van der Waals surface area contributed by atoms with Crippen molar-refractivity contribution in [3.05, 3.63) is 59.7 Å². The van der Waals surface area contributed by atoms with E-state index in [1.54, 1.807) is 0 Å². The molecule has 20 heavy (non-hydrogen) atoms. The summed E-state index contributed by atoms with van der Waals surface area (Å²) in [5.41, 5.74) is 7.40. The van der Waals surface area contributed by atoms with E-state index in [-0.39, 0.29) is 6.02 Å². The van der Waals surface area contributed by atoms with E-state index in [0.717, 1.165) is 17.1 Å². The van der Waals surface area contributed by atoms with Crippen LogP contribution < -0.4 is 10.5 Å². The van der Waals surface area contributed by atoms with Gasteiger partial charge in [-0.25, -0.2) is 0 Å². The fourth-order valence-corrected chi connectivity index (χ4v) is 1.82. The summed E-state index contributed by atoms with van der Waals surface area (Å²) < 4.78 is 10.7. The first-order chi connectivity index (χ1) is 9.63. The van der Waals surface area contributed by atoms with Crippen LogP contribution in [0.25, 0.3) is 0 Å². The molecule has 0 fully saturated rings. The van der Waals surface area contributed by atoms with Crippen molar-refractivity contribution >= 4 is 6.02 Å². The van der Waals surface area contributed by atoms with Gasteiger partial charge in [-0.05, 0) is 42.3 Å². The topological polar surface area (TPSA) is 68.3 Å². The minimum atomic E-state index is -0.246. The Balaban J connectivity index is 1.93. The van der Waals surface area contributed by atoms with Crippen molar-refractivity contribution in [2.24, 2.45) is 5.73 Å². The van der Waals surface area contributed by atoms with E-state index in [4.69, 9.17) is 20.6 Å². The Morgan fingerprint density at radius 2 is 1.85 bits per heavy atom. The number of benzene rings is 2. The Morgan fingerprint density at radius 3 is 2.50 bits per heavy atom. The number of hydrogen-bond donors (Lipinski definition) is 2. The zero-order valence-electron chi connectivity index (χ0n) is 11.4. The van der Waals surface area contributed by atoms with Crippen LogP contribution in [0.2, 0.25) is 0 Å². The summed E-state index contributed by atoms with van der Waals surface area (Å²) in [4.78, 5) is 0. The first kappa shape index (κ1) is 13.9. The molecule has 0 aliphatic heterocycles. The van der Waals surface area contributed by atoms with Crippen LogP contribution in [0.4, 0.5) is 0 Å². The van der Waals surface area contributed by atoms with Crippen molar-refractivity contribution < 1.29 is 9.47 Å².